The Morgan fingerprint density at radius 2 is 2.38 bits per heavy atom. The van der Waals surface area contributed by atoms with E-state index in [-0.39, 0.29) is 5.91 Å². The zero-order valence-electron chi connectivity index (χ0n) is 7.84. The van der Waals surface area contributed by atoms with Crippen LogP contribution in [-0.2, 0) is 4.79 Å². The highest BCUT2D eigenvalue weighted by Gasteiger charge is 2.51. The lowest BCUT2D eigenvalue weighted by Crippen LogP contribution is -2.50. The average Bonchev–Trinajstić information content (AvgIpc) is 2.62. The molecule has 70 valence electrons. The molecule has 1 amide bonds. The van der Waals surface area contributed by atoms with Gasteiger partial charge in [0.15, 0.2) is 0 Å². The monoisotopic (exact) mass is 178 g/mol. The summed E-state index contributed by atoms with van der Waals surface area (Å²) >= 11 is 0. The average molecular weight is 178 g/mol. The molecule has 3 heteroatoms. The van der Waals surface area contributed by atoms with Crippen LogP contribution in [0.15, 0.2) is 0 Å². The topological polar surface area (TPSA) is 52.9 Å². The lowest BCUT2D eigenvalue weighted by molar-refractivity contribution is -0.120. The molecule has 2 saturated carbocycles. The fraction of sp³-hybridized carbons (Fsp3) is 0.800. The summed E-state index contributed by atoms with van der Waals surface area (Å²) in [6.07, 6.45) is 4.35. The Kier molecular flexibility index (Phi) is 1.80. The quantitative estimate of drug-likeness (QED) is 0.656. The van der Waals surface area contributed by atoms with E-state index < -0.39 is 5.54 Å². The fourth-order valence-electron chi connectivity index (χ4n) is 2.96. The van der Waals surface area contributed by atoms with Crippen LogP contribution in [0.1, 0.15) is 32.6 Å². The van der Waals surface area contributed by atoms with Crippen LogP contribution < -0.4 is 5.32 Å². The van der Waals surface area contributed by atoms with E-state index in [9.17, 15) is 4.79 Å². The number of amides is 1. The number of nitrogens with one attached hydrogen (secondary N) is 1. The first-order valence-electron chi connectivity index (χ1n) is 4.86. The Bertz CT molecular complexity index is 281. The smallest absolute Gasteiger partial charge is 0.218 e. The van der Waals surface area contributed by atoms with Crippen LogP contribution in [0.25, 0.3) is 0 Å². The standard InChI is InChI=1S/C10H14N2O/c1-7(13)12-10(6-11)5-8-2-3-9(10)4-8/h8-9H,2-5H2,1H3,(H,12,13). The molecular weight excluding hydrogens is 164 g/mol. The summed E-state index contributed by atoms with van der Waals surface area (Å²) < 4.78 is 0. The van der Waals surface area contributed by atoms with Crippen LogP contribution in [0.4, 0.5) is 0 Å². The minimum atomic E-state index is -0.519. The van der Waals surface area contributed by atoms with Crippen LogP contribution >= 0.6 is 0 Å². The van der Waals surface area contributed by atoms with E-state index in [1.165, 1.54) is 13.3 Å². The van der Waals surface area contributed by atoms with Gasteiger partial charge in [0.2, 0.25) is 5.91 Å². The molecule has 0 spiro atoms. The molecule has 2 aliphatic carbocycles. The van der Waals surface area contributed by atoms with Gasteiger partial charge >= 0.3 is 0 Å². The molecule has 0 aromatic rings. The van der Waals surface area contributed by atoms with Gasteiger partial charge in [-0.15, -0.1) is 0 Å². The Balaban J connectivity index is 2.18. The number of fused-ring (bicyclic) bond motifs is 2. The van der Waals surface area contributed by atoms with Crippen molar-refractivity contribution in [2.75, 3.05) is 0 Å². The molecule has 2 aliphatic rings. The van der Waals surface area contributed by atoms with Gasteiger partial charge in [-0.05, 0) is 37.5 Å². The Hall–Kier alpha value is -1.04. The van der Waals surface area contributed by atoms with Crippen molar-refractivity contribution in [3.8, 4) is 6.07 Å². The first-order chi connectivity index (χ1) is 6.16. The molecule has 0 aliphatic heterocycles. The number of hydrogen-bond acceptors (Lipinski definition) is 2. The third kappa shape index (κ3) is 1.21. The van der Waals surface area contributed by atoms with Gasteiger partial charge in [-0.3, -0.25) is 4.79 Å². The Morgan fingerprint density at radius 1 is 1.62 bits per heavy atom. The van der Waals surface area contributed by atoms with Crippen molar-refractivity contribution in [3.63, 3.8) is 0 Å². The van der Waals surface area contributed by atoms with Crippen molar-refractivity contribution in [1.29, 1.82) is 5.26 Å². The van der Waals surface area contributed by atoms with Crippen LogP contribution in [0, 0.1) is 23.2 Å². The molecule has 2 fully saturated rings. The summed E-state index contributed by atoms with van der Waals surface area (Å²) in [6, 6.07) is 2.31. The molecule has 0 heterocycles. The highest BCUT2D eigenvalue weighted by Crippen LogP contribution is 2.50. The summed E-state index contributed by atoms with van der Waals surface area (Å²) in [5.41, 5.74) is -0.519. The summed E-state index contributed by atoms with van der Waals surface area (Å²) in [5, 5.41) is 12.0. The number of carbonyl (C=O) groups excluding carboxylic acids is 1. The molecule has 3 atom stereocenters. The van der Waals surface area contributed by atoms with Crippen molar-refractivity contribution < 1.29 is 4.79 Å². The first-order valence-corrected chi connectivity index (χ1v) is 4.86. The van der Waals surface area contributed by atoms with E-state index in [1.807, 2.05) is 0 Å². The van der Waals surface area contributed by atoms with Crippen LogP contribution in [0.3, 0.4) is 0 Å². The molecule has 3 unspecified atom stereocenters. The molecule has 2 rings (SSSR count). The number of nitriles is 1. The predicted molar refractivity (Wildman–Crippen MR) is 47.6 cm³/mol. The summed E-state index contributed by atoms with van der Waals surface area (Å²) in [6.45, 7) is 1.49. The lowest BCUT2D eigenvalue weighted by atomic mass is 9.82. The third-order valence-corrected chi connectivity index (χ3v) is 3.45. The van der Waals surface area contributed by atoms with Crippen molar-refractivity contribution in [2.45, 2.75) is 38.1 Å². The predicted octanol–water partition coefficient (Wildman–Crippen LogP) is 1.20. The van der Waals surface area contributed by atoms with Crippen molar-refractivity contribution in [3.05, 3.63) is 0 Å². The maximum Gasteiger partial charge on any atom is 0.218 e. The minimum absolute atomic E-state index is 0.0749. The van der Waals surface area contributed by atoms with Crippen molar-refractivity contribution in [2.24, 2.45) is 11.8 Å². The van der Waals surface area contributed by atoms with Gasteiger partial charge in [0.05, 0.1) is 6.07 Å². The maximum absolute atomic E-state index is 11.0. The van der Waals surface area contributed by atoms with Crippen molar-refractivity contribution in [1.82, 2.24) is 5.32 Å². The van der Waals surface area contributed by atoms with E-state index in [0.717, 1.165) is 19.3 Å². The summed E-state index contributed by atoms with van der Waals surface area (Å²) in [7, 11) is 0. The summed E-state index contributed by atoms with van der Waals surface area (Å²) in [5.74, 6) is 1.01. The van der Waals surface area contributed by atoms with Crippen LogP contribution in [0.2, 0.25) is 0 Å². The molecule has 2 bridgehead atoms. The molecule has 13 heavy (non-hydrogen) atoms. The second-order valence-corrected chi connectivity index (χ2v) is 4.34. The highest BCUT2D eigenvalue weighted by molar-refractivity contribution is 5.74. The first kappa shape index (κ1) is 8.55. The number of nitrogens with zero attached hydrogens (tertiary/aromatic N) is 1. The molecule has 0 radical (unpaired) electrons. The van der Waals surface area contributed by atoms with Gasteiger partial charge in [-0.2, -0.15) is 5.26 Å². The lowest BCUT2D eigenvalue weighted by Gasteiger charge is -2.31. The number of carbonyl (C=O) groups is 1. The third-order valence-electron chi connectivity index (χ3n) is 3.45. The zero-order valence-corrected chi connectivity index (χ0v) is 7.84. The van der Waals surface area contributed by atoms with Gasteiger partial charge in [-0.25, -0.2) is 0 Å². The molecule has 3 nitrogen and oxygen atoms in total. The van der Waals surface area contributed by atoms with E-state index in [2.05, 4.69) is 11.4 Å². The molecule has 0 aromatic heterocycles. The molecule has 0 saturated heterocycles. The Labute approximate surface area is 78.1 Å². The zero-order chi connectivity index (χ0) is 9.47. The maximum atomic E-state index is 11.0. The van der Waals surface area contributed by atoms with E-state index in [0.29, 0.717) is 11.8 Å². The van der Waals surface area contributed by atoms with E-state index in [4.69, 9.17) is 5.26 Å². The van der Waals surface area contributed by atoms with E-state index >= 15 is 0 Å². The van der Waals surface area contributed by atoms with Gasteiger partial charge in [0.25, 0.3) is 0 Å². The number of hydrogen-bond donors (Lipinski definition) is 1. The second kappa shape index (κ2) is 2.73. The van der Waals surface area contributed by atoms with Crippen LogP contribution in [-0.4, -0.2) is 11.4 Å². The van der Waals surface area contributed by atoms with Gasteiger partial charge in [0.1, 0.15) is 5.54 Å². The largest absolute Gasteiger partial charge is 0.338 e. The normalized spacial score (nSPS) is 41.5. The fourth-order valence-corrected chi connectivity index (χ4v) is 2.96. The molecule has 0 aromatic carbocycles. The number of rotatable bonds is 1. The Morgan fingerprint density at radius 3 is 2.77 bits per heavy atom. The second-order valence-electron chi connectivity index (χ2n) is 4.34. The van der Waals surface area contributed by atoms with Crippen molar-refractivity contribution >= 4 is 5.91 Å². The van der Waals surface area contributed by atoms with E-state index in [1.54, 1.807) is 0 Å². The van der Waals surface area contributed by atoms with Gasteiger partial charge in [-0.1, -0.05) is 0 Å². The minimum Gasteiger partial charge on any atom is -0.338 e. The van der Waals surface area contributed by atoms with Gasteiger partial charge < -0.3 is 5.32 Å². The molecular formula is C10H14N2O. The summed E-state index contributed by atoms with van der Waals surface area (Å²) in [4.78, 5) is 11.0. The highest BCUT2D eigenvalue weighted by atomic mass is 16.1. The SMILES string of the molecule is CC(=O)NC1(C#N)CC2CCC1C2. The molecule has 1 N–H and O–H groups in total. The van der Waals surface area contributed by atoms with Crippen LogP contribution in [0.5, 0.6) is 0 Å². The van der Waals surface area contributed by atoms with Gasteiger partial charge in [0, 0.05) is 6.92 Å².